The zero-order chi connectivity index (χ0) is 11.4. The standard InChI is InChI=1S/C12H13BrN2S/c13-10-5-9(8-14)6-12(7-10)15-11-1-3-16-4-2-11/h5-7,11,15H,1-4H2. The number of rotatable bonds is 2. The van der Waals surface area contributed by atoms with Crippen LogP contribution < -0.4 is 5.32 Å². The monoisotopic (exact) mass is 296 g/mol. The fraction of sp³-hybridized carbons (Fsp3) is 0.417. The SMILES string of the molecule is N#Cc1cc(Br)cc(NC2CCSCC2)c1. The highest BCUT2D eigenvalue weighted by Crippen LogP contribution is 2.24. The lowest BCUT2D eigenvalue weighted by Gasteiger charge is -2.23. The molecular formula is C12H13BrN2S. The molecule has 0 saturated carbocycles. The van der Waals surface area contributed by atoms with Gasteiger partial charge >= 0.3 is 0 Å². The Labute approximate surface area is 109 Å². The third-order valence-corrected chi connectivity index (χ3v) is 4.13. The lowest BCUT2D eigenvalue weighted by molar-refractivity contribution is 0.667. The molecule has 0 radical (unpaired) electrons. The Morgan fingerprint density at radius 2 is 2.06 bits per heavy atom. The van der Waals surface area contributed by atoms with Gasteiger partial charge in [0.15, 0.2) is 0 Å². The van der Waals surface area contributed by atoms with Crippen molar-refractivity contribution in [2.24, 2.45) is 0 Å². The highest BCUT2D eigenvalue weighted by atomic mass is 79.9. The minimum absolute atomic E-state index is 0.557. The molecule has 1 aliphatic heterocycles. The molecule has 1 saturated heterocycles. The largest absolute Gasteiger partial charge is 0.382 e. The highest BCUT2D eigenvalue weighted by molar-refractivity contribution is 9.10. The number of nitriles is 1. The van der Waals surface area contributed by atoms with E-state index in [4.69, 9.17) is 5.26 Å². The molecule has 1 fully saturated rings. The maximum Gasteiger partial charge on any atom is 0.0992 e. The van der Waals surface area contributed by atoms with Crippen molar-refractivity contribution < 1.29 is 0 Å². The molecule has 1 aliphatic rings. The van der Waals surface area contributed by atoms with Crippen molar-refractivity contribution in [3.8, 4) is 6.07 Å². The number of hydrogen-bond acceptors (Lipinski definition) is 3. The van der Waals surface area contributed by atoms with Crippen LogP contribution in [0.3, 0.4) is 0 Å². The maximum atomic E-state index is 8.89. The van der Waals surface area contributed by atoms with Gasteiger partial charge in [0.05, 0.1) is 11.6 Å². The van der Waals surface area contributed by atoms with Crippen LogP contribution in [-0.4, -0.2) is 17.5 Å². The van der Waals surface area contributed by atoms with E-state index in [1.807, 2.05) is 30.0 Å². The highest BCUT2D eigenvalue weighted by Gasteiger charge is 2.13. The molecule has 0 spiro atoms. The molecule has 1 aromatic carbocycles. The van der Waals surface area contributed by atoms with Crippen LogP contribution in [0.1, 0.15) is 18.4 Å². The average Bonchev–Trinajstić information content (AvgIpc) is 2.29. The Morgan fingerprint density at radius 3 is 2.75 bits per heavy atom. The van der Waals surface area contributed by atoms with Gasteiger partial charge in [-0.25, -0.2) is 0 Å². The summed E-state index contributed by atoms with van der Waals surface area (Å²) < 4.78 is 0.958. The van der Waals surface area contributed by atoms with Gasteiger partial charge in [-0.3, -0.25) is 0 Å². The molecule has 1 heterocycles. The second-order valence-electron chi connectivity index (χ2n) is 3.87. The molecule has 0 aliphatic carbocycles. The smallest absolute Gasteiger partial charge is 0.0992 e. The van der Waals surface area contributed by atoms with Crippen molar-refractivity contribution in [3.63, 3.8) is 0 Å². The summed E-state index contributed by atoms with van der Waals surface area (Å²) in [5, 5.41) is 12.4. The van der Waals surface area contributed by atoms with Crippen molar-refractivity contribution in [1.29, 1.82) is 5.26 Å². The summed E-state index contributed by atoms with van der Waals surface area (Å²) in [7, 11) is 0. The molecule has 4 heteroatoms. The van der Waals surface area contributed by atoms with E-state index in [-0.39, 0.29) is 0 Å². The molecule has 16 heavy (non-hydrogen) atoms. The molecule has 0 aromatic heterocycles. The van der Waals surface area contributed by atoms with Crippen LogP contribution in [0.4, 0.5) is 5.69 Å². The van der Waals surface area contributed by atoms with Crippen LogP contribution in [0.2, 0.25) is 0 Å². The molecule has 1 N–H and O–H groups in total. The van der Waals surface area contributed by atoms with Crippen molar-refractivity contribution in [3.05, 3.63) is 28.2 Å². The van der Waals surface area contributed by atoms with Gasteiger partial charge in [0, 0.05) is 16.2 Å². The molecule has 2 rings (SSSR count). The second-order valence-corrected chi connectivity index (χ2v) is 6.01. The number of hydrogen-bond donors (Lipinski definition) is 1. The van der Waals surface area contributed by atoms with E-state index in [0.29, 0.717) is 11.6 Å². The quantitative estimate of drug-likeness (QED) is 0.905. The van der Waals surface area contributed by atoms with Gasteiger partial charge in [0.1, 0.15) is 0 Å². The number of halogens is 1. The normalized spacial score (nSPS) is 16.8. The van der Waals surface area contributed by atoms with Crippen molar-refractivity contribution in [1.82, 2.24) is 0 Å². The van der Waals surface area contributed by atoms with Gasteiger partial charge in [0.25, 0.3) is 0 Å². The van der Waals surface area contributed by atoms with Crippen LogP contribution in [0, 0.1) is 11.3 Å². The van der Waals surface area contributed by atoms with Gasteiger partial charge in [-0.15, -0.1) is 0 Å². The Balaban J connectivity index is 2.08. The van der Waals surface area contributed by atoms with E-state index in [9.17, 15) is 0 Å². The van der Waals surface area contributed by atoms with Crippen molar-refractivity contribution >= 4 is 33.4 Å². The van der Waals surface area contributed by atoms with Crippen LogP contribution in [0.25, 0.3) is 0 Å². The Bertz CT molecular complexity index is 408. The summed E-state index contributed by atoms with van der Waals surface area (Å²) >= 11 is 5.44. The summed E-state index contributed by atoms with van der Waals surface area (Å²) in [5.41, 5.74) is 1.74. The van der Waals surface area contributed by atoms with E-state index in [2.05, 4.69) is 27.3 Å². The Kier molecular flexibility index (Phi) is 4.14. The number of benzene rings is 1. The molecule has 0 bridgehead atoms. The van der Waals surface area contributed by atoms with Gasteiger partial charge in [0.2, 0.25) is 0 Å². The Morgan fingerprint density at radius 1 is 1.31 bits per heavy atom. The lowest BCUT2D eigenvalue weighted by atomic mass is 10.1. The first-order valence-corrected chi connectivity index (χ1v) is 7.27. The third-order valence-electron chi connectivity index (χ3n) is 2.62. The predicted octanol–water partition coefficient (Wildman–Crippen LogP) is 3.63. The van der Waals surface area contributed by atoms with Crippen LogP contribution in [0.5, 0.6) is 0 Å². The number of nitrogens with zero attached hydrogens (tertiary/aromatic N) is 1. The summed E-state index contributed by atoms with van der Waals surface area (Å²) in [6.45, 7) is 0. The average molecular weight is 297 g/mol. The summed E-state index contributed by atoms with van der Waals surface area (Å²) in [5.74, 6) is 2.47. The van der Waals surface area contributed by atoms with Crippen LogP contribution in [0.15, 0.2) is 22.7 Å². The van der Waals surface area contributed by atoms with Gasteiger partial charge < -0.3 is 5.32 Å². The summed E-state index contributed by atoms with van der Waals surface area (Å²) in [6.07, 6.45) is 2.41. The van der Waals surface area contributed by atoms with Gasteiger partial charge in [-0.1, -0.05) is 15.9 Å². The number of thioether (sulfide) groups is 1. The zero-order valence-electron chi connectivity index (χ0n) is 8.87. The molecule has 84 valence electrons. The van der Waals surface area contributed by atoms with Crippen LogP contribution in [-0.2, 0) is 0 Å². The predicted molar refractivity (Wildman–Crippen MR) is 72.8 cm³/mol. The van der Waals surface area contributed by atoms with E-state index < -0.39 is 0 Å². The number of nitrogens with one attached hydrogen (secondary N) is 1. The van der Waals surface area contributed by atoms with Crippen molar-refractivity contribution in [2.45, 2.75) is 18.9 Å². The number of anilines is 1. The topological polar surface area (TPSA) is 35.8 Å². The van der Waals surface area contributed by atoms with E-state index in [1.54, 1.807) is 0 Å². The minimum Gasteiger partial charge on any atom is -0.382 e. The minimum atomic E-state index is 0.557. The molecule has 0 unspecified atom stereocenters. The third kappa shape index (κ3) is 3.16. The Hall–Kier alpha value is -0.660. The zero-order valence-corrected chi connectivity index (χ0v) is 11.3. The van der Waals surface area contributed by atoms with Gasteiger partial charge in [-0.2, -0.15) is 17.0 Å². The first-order valence-electron chi connectivity index (χ1n) is 5.33. The fourth-order valence-corrected chi connectivity index (χ4v) is 3.41. The van der Waals surface area contributed by atoms with E-state index in [1.165, 1.54) is 24.3 Å². The van der Waals surface area contributed by atoms with E-state index >= 15 is 0 Å². The molecular weight excluding hydrogens is 284 g/mol. The van der Waals surface area contributed by atoms with Crippen LogP contribution >= 0.6 is 27.7 Å². The first-order chi connectivity index (χ1) is 7.78. The fourth-order valence-electron chi connectivity index (χ4n) is 1.82. The summed E-state index contributed by atoms with van der Waals surface area (Å²) in [6, 6.07) is 8.50. The summed E-state index contributed by atoms with van der Waals surface area (Å²) in [4.78, 5) is 0. The van der Waals surface area contributed by atoms with Gasteiger partial charge in [-0.05, 0) is 42.5 Å². The lowest BCUT2D eigenvalue weighted by Crippen LogP contribution is -2.24. The maximum absolute atomic E-state index is 8.89. The first kappa shape index (κ1) is 11.8. The molecule has 1 aromatic rings. The van der Waals surface area contributed by atoms with Crippen molar-refractivity contribution in [2.75, 3.05) is 16.8 Å². The molecule has 2 nitrogen and oxygen atoms in total. The molecule has 0 atom stereocenters. The van der Waals surface area contributed by atoms with E-state index in [0.717, 1.165) is 10.2 Å². The molecule has 0 amide bonds. The second kappa shape index (κ2) is 5.60.